The SMILES string of the molecule is C[C@@H]1C[C@H](NC(=O)c2ccc3c(c2)OC(F)(F)O3)CCN1S(=O)(=O)C1CCC(NCc2ccccc2)CC1. The summed E-state index contributed by atoms with van der Waals surface area (Å²) in [6.07, 6.45) is 0.0947. The smallest absolute Gasteiger partial charge is 0.395 e. The lowest BCUT2D eigenvalue weighted by Crippen LogP contribution is -2.53. The number of benzene rings is 2. The molecule has 0 spiro atoms. The molecule has 2 aromatic carbocycles. The molecule has 0 bridgehead atoms. The van der Waals surface area contributed by atoms with Crippen LogP contribution in [0.4, 0.5) is 8.78 Å². The zero-order valence-electron chi connectivity index (χ0n) is 21.2. The first-order valence-electron chi connectivity index (χ1n) is 13.1. The number of hydrogen-bond acceptors (Lipinski definition) is 6. The Morgan fingerprint density at radius 2 is 1.71 bits per heavy atom. The van der Waals surface area contributed by atoms with Crippen LogP contribution in [-0.4, -0.2) is 54.8 Å². The van der Waals surface area contributed by atoms with Crippen LogP contribution in [0.5, 0.6) is 11.5 Å². The van der Waals surface area contributed by atoms with Gasteiger partial charge in [-0.15, -0.1) is 8.78 Å². The summed E-state index contributed by atoms with van der Waals surface area (Å²) >= 11 is 0. The molecule has 2 aliphatic heterocycles. The minimum absolute atomic E-state index is 0.125. The summed E-state index contributed by atoms with van der Waals surface area (Å²) in [5, 5.41) is 6.07. The number of ether oxygens (including phenoxy) is 2. The number of alkyl halides is 2. The topological polar surface area (TPSA) is 97.0 Å². The Bertz CT molecular complexity index is 1250. The average molecular weight is 550 g/mol. The lowest BCUT2D eigenvalue weighted by Gasteiger charge is -2.40. The van der Waals surface area contributed by atoms with Crippen molar-refractivity contribution in [1.82, 2.24) is 14.9 Å². The Balaban J connectivity index is 1.11. The summed E-state index contributed by atoms with van der Waals surface area (Å²) < 4.78 is 63.9. The average Bonchev–Trinajstić information content (AvgIpc) is 3.21. The van der Waals surface area contributed by atoms with Crippen molar-refractivity contribution >= 4 is 15.9 Å². The molecule has 2 aromatic rings. The van der Waals surface area contributed by atoms with Gasteiger partial charge < -0.3 is 20.1 Å². The third kappa shape index (κ3) is 5.94. The van der Waals surface area contributed by atoms with Crippen molar-refractivity contribution in [3.8, 4) is 11.5 Å². The molecule has 8 nitrogen and oxygen atoms in total. The van der Waals surface area contributed by atoms with Gasteiger partial charge in [0, 0.05) is 36.8 Å². The van der Waals surface area contributed by atoms with E-state index in [-0.39, 0.29) is 29.1 Å². The van der Waals surface area contributed by atoms with E-state index in [2.05, 4.69) is 32.2 Å². The number of nitrogens with one attached hydrogen (secondary N) is 2. The van der Waals surface area contributed by atoms with E-state index in [1.807, 2.05) is 25.1 Å². The number of halogens is 2. The van der Waals surface area contributed by atoms with Crippen molar-refractivity contribution < 1.29 is 31.5 Å². The molecule has 0 radical (unpaired) electrons. The molecular weight excluding hydrogens is 516 g/mol. The number of sulfonamides is 1. The Kier molecular flexibility index (Phi) is 7.61. The van der Waals surface area contributed by atoms with Crippen molar-refractivity contribution in [2.24, 2.45) is 0 Å². The monoisotopic (exact) mass is 549 g/mol. The van der Waals surface area contributed by atoms with Crippen LogP contribution in [0.2, 0.25) is 0 Å². The number of nitrogens with zero attached hydrogens (tertiary/aromatic N) is 1. The molecule has 1 saturated heterocycles. The fourth-order valence-electron chi connectivity index (χ4n) is 5.63. The molecule has 2 heterocycles. The molecule has 206 valence electrons. The molecule has 11 heteroatoms. The van der Waals surface area contributed by atoms with Crippen molar-refractivity contribution in [2.75, 3.05) is 6.54 Å². The quantitative estimate of drug-likeness (QED) is 0.542. The van der Waals surface area contributed by atoms with Gasteiger partial charge in [-0.25, -0.2) is 8.42 Å². The number of hydrogen-bond donors (Lipinski definition) is 2. The predicted molar refractivity (Wildman–Crippen MR) is 138 cm³/mol. The molecule has 2 fully saturated rings. The van der Waals surface area contributed by atoms with Crippen LogP contribution in [0.25, 0.3) is 0 Å². The van der Waals surface area contributed by atoms with Gasteiger partial charge in [0.2, 0.25) is 10.0 Å². The maximum atomic E-state index is 13.5. The lowest BCUT2D eigenvalue weighted by atomic mass is 9.95. The fourth-order valence-corrected chi connectivity index (χ4v) is 7.83. The summed E-state index contributed by atoms with van der Waals surface area (Å²) in [6.45, 7) is 2.97. The van der Waals surface area contributed by atoms with Gasteiger partial charge in [0.05, 0.1) is 5.25 Å². The molecule has 0 unspecified atom stereocenters. The molecule has 5 rings (SSSR count). The van der Waals surface area contributed by atoms with Gasteiger partial charge in [-0.3, -0.25) is 4.79 Å². The minimum atomic E-state index is -3.75. The largest absolute Gasteiger partial charge is 0.586 e. The highest BCUT2D eigenvalue weighted by atomic mass is 32.2. The molecule has 1 amide bonds. The van der Waals surface area contributed by atoms with Crippen LogP contribution >= 0.6 is 0 Å². The summed E-state index contributed by atoms with van der Waals surface area (Å²) in [5.41, 5.74) is 1.39. The van der Waals surface area contributed by atoms with E-state index < -0.39 is 27.5 Å². The molecular formula is C27H33F2N3O5S. The van der Waals surface area contributed by atoms with E-state index in [4.69, 9.17) is 0 Å². The van der Waals surface area contributed by atoms with E-state index in [0.717, 1.165) is 19.4 Å². The highest BCUT2D eigenvalue weighted by Crippen LogP contribution is 2.41. The highest BCUT2D eigenvalue weighted by molar-refractivity contribution is 7.89. The van der Waals surface area contributed by atoms with Crippen LogP contribution in [0.15, 0.2) is 48.5 Å². The number of amides is 1. The number of carbonyl (C=O) groups is 1. The minimum Gasteiger partial charge on any atom is -0.395 e. The van der Waals surface area contributed by atoms with E-state index in [0.29, 0.717) is 38.3 Å². The van der Waals surface area contributed by atoms with Crippen molar-refractivity contribution in [1.29, 1.82) is 0 Å². The number of fused-ring (bicyclic) bond motifs is 1. The van der Waals surface area contributed by atoms with E-state index in [1.54, 1.807) is 4.31 Å². The third-order valence-electron chi connectivity index (χ3n) is 7.67. The maximum Gasteiger partial charge on any atom is 0.586 e. The third-order valence-corrected chi connectivity index (χ3v) is 10.2. The van der Waals surface area contributed by atoms with Crippen LogP contribution in [0, 0.1) is 0 Å². The second-order valence-electron chi connectivity index (χ2n) is 10.4. The number of piperidine rings is 1. The Labute approximate surface area is 221 Å². The molecule has 1 aliphatic carbocycles. The molecule has 38 heavy (non-hydrogen) atoms. The first-order valence-corrected chi connectivity index (χ1v) is 14.6. The van der Waals surface area contributed by atoms with Gasteiger partial charge in [0.15, 0.2) is 11.5 Å². The van der Waals surface area contributed by atoms with Crippen molar-refractivity contribution in [2.45, 2.75) is 81.7 Å². The maximum absolute atomic E-state index is 13.5. The van der Waals surface area contributed by atoms with Gasteiger partial charge in [-0.05, 0) is 69.2 Å². The van der Waals surface area contributed by atoms with E-state index >= 15 is 0 Å². The highest BCUT2D eigenvalue weighted by Gasteiger charge is 2.44. The summed E-state index contributed by atoms with van der Waals surface area (Å²) in [6, 6.07) is 13.9. The van der Waals surface area contributed by atoms with Gasteiger partial charge in [0.25, 0.3) is 5.91 Å². The molecule has 2 atom stereocenters. The first kappa shape index (κ1) is 26.8. The van der Waals surface area contributed by atoms with Crippen molar-refractivity contribution in [3.63, 3.8) is 0 Å². The second kappa shape index (κ2) is 10.8. The van der Waals surface area contributed by atoms with Gasteiger partial charge in [0.1, 0.15) is 0 Å². The first-order chi connectivity index (χ1) is 18.1. The zero-order valence-corrected chi connectivity index (χ0v) is 22.1. The number of rotatable bonds is 7. The standard InChI is InChI=1S/C27H33F2N3O5S/c1-18-15-22(31-26(33)20-7-12-24-25(16-20)37-27(28,29)36-24)13-14-32(18)38(34,35)23-10-8-21(9-11-23)30-17-19-5-3-2-4-6-19/h2-7,12,16,18,21-23,30H,8-11,13-15,17H2,1H3,(H,31,33)/t18-,21?,22-,23?/m1/s1. The van der Waals surface area contributed by atoms with Gasteiger partial charge in [-0.2, -0.15) is 4.31 Å². The molecule has 1 saturated carbocycles. The Morgan fingerprint density at radius 1 is 1.00 bits per heavy atom. The van der Waals surface area contributed by atoms with Crippen molar-refractivity contribution in [3.05, 3.63) is 59.7 Å². The number of carbonyl (C=O) groups excluding carboxylic acids is 1. The van der Waals surface area contributed by atoms with Gasteiger partial charge >= 0.3 is 6.29 Å². The summed E-state index contributed by atoms with van der Waals surface area (Å²) in [5.74, 6) is -0.747. The van der Waals surface area contributed by atoms with Crippen LogP contribution in [0.3, 0.4) is 0 Å². The van der Waals surface area contributed by atoms with E-state index in [1.165, 1.54) is 23.8 Å². The summed E-state index contributed by atoms with van der Waals surface area (Å²) in [7, 11) is -3.46. The zero-order chi connectivity index (χ0) is 26.9. The van der Waals surface area contributed by atoms with Crippen LogP contribution in [0.1, 0.15) is 61.4 Å². The Morgan fingerprint density at radius 3 is 2.42 bits per heavy atom. The van der Waals surface area contributed by atoms with Crippen LogP contribution in [-0.2, 0) is 16.6 Å². The predicted octanol–water partition coefficient (Wildman–Crippen LogP) is 4.02. The summed E-state index contributed by atoms with van der Waals surface area (Å²) in [4.78, 5) is 12.7. The van der Waals surface area contributed by atoms with Gasteiger partial charge in [-0.1, -0.05) is 30.3 Å². The molecule has 2 N–H and O–H groups in total. The Hall–Kier alpha value is -2.76. The van der Waals surface area contributed by atoms with Crippen LogP contribution < -0.4 is 20.1 Å². The fraction of sp³-hybridized carbons (Fsp3) is 0.519. The normalized spacial score (nSPS) is 27.1. The lowest BCUT2D eigenvalue weighted by molar-refractivity contribution is -0.286. The van der Waals surface area contributed by atoms with E-state index in [9.17, 15) is 22.0 Å². The second-order valence-corrected chi connectivity index (χ2v) is 12.5. The molecule has 0 aromatic heterocycles. The molecule has 3 aliphatic rings.